The number of hydrogen-bond acceptors (Lipinski definition) is 3. The van der Waals surface area contributed by atoms with Gasteiger partial charge in [0.15, 0.2) is 0 Å². The van der Waals surface area contributed by atoms with Crippen molar-refractivity contribution >= 4 is 6.03 Å². The molecule has 27 heavy (non-hydrogen) atoms. The Morgan fingerprint density at radius 1 is 1.15 bits per heavy atom. The molecule has 1 unspecified atom stereocenters. The van der Waals surface area contributed by atoms with Crippen molar-refractivity contribution < 1.29 is 9.53 Å². The summed E-state index contributed by atoms with van der Waals surface area (Å²) in [5, 5.41) is 6.99. The molecule has 2 aliphatic heterocycles. The highest BCUT2D eigenvalue weighted by molar-refractivity contribution is 5.74. The fourth-order valence-electron chi connectivity index (χ4n) is 5.00. The summed E-state index contributed by atoms with van der Waals surface area (Å²) >= 11 is 0. The SMILES string of the molecule is COc1ccc(C2CCCN(C(=O)NC3CC(C)(C)NC(C)(C)C3)C2)cc1. The fourth-order valence-corrected chi connectivity index (χ4v) is 5.00. The Bertz CT molecular complexity index is 638. The molecule has 2 saturated heterocycles. The smallest absolute Gasteiger partial charge is 0.317 e. The van der Waals surface area contributed by atoms with Gasteiger partial charge in [0.1, 0.15) is 5.75 Å². The number of hydrogen-bond donors (Lipinski definition) is 2. The highest BCUT2D eigenvalue weighted by atomic mass is 16.5. The van der Waals surface area contributed by atoms with Crippen LogP contribution in [0.25, 0.3) is 0 Å². The molecule has 2 N–H and O–H groups in total. The number of likely N-dealkylation sites (tertiary alicyclic amines) is 1. The zero-order valence-electron chi connectivity index (χ0n) is 17.5. The molecule has 5 nitrogen and oxygen atoms in total. The number of carbonyl (C=O) groups is 1. The van der Waals surface area contributed by atoms with Gasteiger partial charge in [-0.05, 0) is 71.1 Å². The summed E-state index contributed by atoms with van der Waals surface area (Å²) in [6, 6.07) is 8.57. The molecule has 150 valence electrons. The Morgan fingerprint density at radius 2 is 1.78 bits per heavy atom. The van der Waals surface area contributed by atoms with E-state index in [1.54, 1.807) is 7.11 Å². The summed E-state index contributed by atoms with van der Waals surface area (Å²) in [7, 11) is 1.69. The molecular formula is C22H35N3O2. The Labute approximate surface area is 163 Å². The van der Waals surface area contributed by atoms with E-state index < -0.39 is 0 Å². The number of nitrogens with one attached hydrogen (secondary N) is 2. The van der Waals surface area contributed by atoms with Gasteiger partial charge >= 0.3 is 6.03 Å². The van der Waals surface area contributed by atoms with Crippen LogP contribution in [0.1, 0.15) is 64.9 Å². The Balaban J connectivity index is 1.61. The van der Waals surface area contributed by atoms with Gasteiger partial charge in [-0.25, -0.2) is 4.79 Å². The topological polar surface area (TPSA) is 53.6 Å². The number of benzene rings is 1. The molecule has 0 aromatic heterocycles. The van der Waals surface area contributed by atoms with Crippen LogP contribution in [-0.2, 0) is 0 Å². The molecule has 1 aromatic rings. The van der Waals surface area contributed by atoms with Gasteiger partial charge in [-0.1, -0.05) is 12.1 Å². The molecule has 0 aliphatic carbocycles. The molecule has 1 atom stereocenters. The van der Waals surface area contributed by atoms with Gasteiger partial charge in [-0.2, -0.15) is 0 Å². The van der Waals surface area contributed by atoms with Crippen molar-refractivity contribution in [3.63, 3.8) is 0 Å². The van der Waals surface area contributed by atoms with E-state index in [1.165, 1.54) is 5.56 Å². The molecule has 0 saturated carbocycles. The predicted octanol–water partition coefficient (Wildman–Crippen LogP) is 3.89. The molecule has 1 aromatic carbocycles. The summed E-state index contributed by atoms with van der Waals surface area (Å²) in [6.45, 7) is 10.5. The van der Waals surface area contributed by atoms with Gasteiger partial charge in [-0.3, -0.25) is 0 Å². The number of amides is 2. The van der Waals surface area contributed by atoms with Gasteiger partial charge in [0.25, 0.3) is 0 Å². The maximum absolute atomic E-state index is 12.9. The third-order valence-corrected chi connectivity index (χ3v) is 5.81. The predicted molar refractivity (Wildman–Crippen MR) is 109 cm³/mol. The first-order valence-electron chi connectivity index (χ1n) is 10.2. The number of rotatable bonds is 3. The third kappa shape index (κ3) is 5.16. The normalized spacial score (nSPS) is 25.1. The van der Waals surface area contributed by atoms with Crippen LogP contribution < -0.4 is 15.4 Å². The Morgan fingerprint density at radius 3 is 2.37 bits per heavy atom. The minimum absolute atomic E-state index is 0.0349. The summed E-state index contributed by atoms with van der Waals surface area (Å²) in [5.41, 5.74) is 1.36. The molecule has 0 radical (unpaired) electrons. The number of nitrogens with zero attached hydrogens (tertiary/aromatic N) is 1. The van der Waals surface area contributed by atoms with Gasteiger partial charge in [0.2, 0.25) is 0 Å². The van der Waals surface area contributed by atoms with Crippen molar-refractivity contribution in [2.75, 3.05) is 20.2 Å². The largest absolute Gasteiger partial charge is 0.497 e. The lowest BCUT2D eigenvalue weighted by atomic mass is 9.79. The average Bonchev–Trinajstić information content (AvgIpc) is 2.59. The maximum Gasteiger partial charge on any atom is 0.317 e. The zero-order chi connectivity index (χ0) is 19.7. The molecular weight excluding hydrogens is 338 g/mol. The molecule has 2 heterocycles. The number of piperidine rings is 2. The van der Waals surface area contributed by atoms with Crippen LogP contribution in [0.3, 0.4) is 0 Å². The van der Waals surface area contributed by atoms with Crippen LogP contribution in [-0.4, -0.2) is 48.3 Å². The molecule has 2 aliphatic rings. The highest BCUT2D eigenvalue weighted by Gasteiger charge is 2.38. The standard InChI is InChI=1S/C22H35N3O2/c1-21(2)13-18(14-22(3,4)24-21)23-20(26)25-12-6-7-17(15-25)16-8-10-19(27-5)11-9-16/h8-11,17-18,24H,6-7,12-15H2,1-5H3,(H,23,26). The minimum atomic E-state index is 0.0349. The van der Waals surface area contributed by atoms with Crippen molar-refractivity contribution in [2.24, 2.45) is 0 Å². The Kier molecular flexibility index (Phi) is 5.71. The molecule has 5 heteroatoms. The van der Waals surface area contributed by atoms with Gasteiger partial charge in [-0.15, -0.1) is 0 Å². The quantitative estimate of drug-likeness (QED) is 0.845. The number of carbonyl (C=O) groups excluding carboxylic acids is 1. The van der Waals surface area contributed by atoms with Crippen molar-refractivity contribution in [2.45, 2.75) is 76.4 Å². The highest BCUT2D eigenvalue weighted by Crippen LogP contribution is 2.30. The van der Waals surface area contributed by atoms with Gasteiger partial charge in [0, 0.05) is 36.1 Å². The second-order valence-corrected chi connectivity index (χ2v) is 9.51. The first-order valence-corrected chi connectivity index (χ1v) is 10.2. The van der Waals surface area contributed by atoms with Crippen LogP contribution in [0.2, 0.25) is 0 Å². The van der Waals surface area contributed by atoms with Crippen LogP contribution in [0.5, 0.6) is 5.75 Å². The summed E-state index contributed by atoms with van der Waals surface area (Å²) in [6.07, 6.45) is 4.09. The molecule has 0 spiro atoms. The van der Waals surface area contributed by atoms with Crippen LogP contribution >= 0.6 is 0 Å². The van der Waals surface area contributed by atoms with Crippen molar-refractivity contribution in [3.05, 3.63) is 29.8 Å². The zero-order valence-corrected chi connectivity index (χ0v) is 17.5. The number of ether oxygens (including phenoxy) is 1. The monoisotopic (exact) mass is 373 g/mol. The molecule has 2 amide bonds. The fraction of sp³-hybridized carbons (Fsp3) is 0.682. The minimum Gasteiger partial charge on any atom is -0.497 e. The second-order valence-electron chi connectivity index (χ2n) is 9.51. The average molecular weight is 374 g/mol. The summed E-state index contributed by atoms with van der Waals surface area (Å²) in [5.74, 6) is 1.27. The van der Waals surface area contributed by atoms with Gasteiger partial charge < -0.3 is 20.3 Å². The van der Waals surface area contributed by atoms with E-state index in [2.05, 4.69) is 50.5 Å². The van der Waals surface area contributed by atoms with Crippen LogP contribution in [0.15, 0.2) is 24.3 Å². The van der Waals surface area contributed by atoms with Crippen LogP contribution in [0.4, 0.5) is 4.79 Å². The van der Waals surface area contributed by atoms with Crippen LogP contribution in [0, 0.1) is 0 Å². The van der Waals surface area contributed by atoms with Crippen molar-refractivity contribution in [1.29, 1.82) is 0 Å². The summed E-state index contributed by atoms with van der Waals surface area (Å²) in [4.78, 5) is 14.9. The van der Waals surface area contributed by atoms with E-state index >= 15 is 0 Å². The first-order chi connectivity index (χ1) is 12.7. The lowest BCUT2D eigenvalue weighted by Gasteiger charge is -2.47. The van der Waals surface area contributed by atoms with E-state index in [9.17, 15) is 4.79 Å². The van der Waals surface area contributed by atoms with E-state index in [0.29, 0.717) is 5.92 Å². The number of urea groups is 1. The first kappa shape index (κ1) is 20.0. The summed E-state index contributed by atoms with van der Waals surface area (Å²) < 4.78 is 5.25. The molecule has 3 rings (SSSR count). The van der Waals surface area contributed by atoms with E-state index in [4.69, 9.17) is 4.74 Å². The molecule has 2 fully saturated rings. The molecule has 0 bridgehead atoms. The second kappa shape index (κ2) is 7.70. The maximum atomic E-state index is 12.9. The van der Waals surface area contributed by atoms with E-state index in [0.717, 1.165) is 44.5 Å². The lowest BCUT2D eigenvalue weighted by molar-refractivity contribution is 0.134. The van der Waals surface area contributed by atoms with Gasteiger partial charge in [0.05, 0.1) is 7.11 Å². The number of methoxy groups -OCH3 is 1. The van der Waals surface area contributed by atoms with Crippen molar-refractivity contribution in [3.8, 4) is 5.75 Å². The van der Waals surface area contributed by atoms with E-state index in [-0.39, 0.29) is 23.2 Å². The van der Waals surface area contributed by atoms with Crippen molar-refractivity contribution in [1.82, 2.24) is 15.5 Å². The Hall–Kier alpha value is -1.75. The van der Waals surface area contributed by atoms with E-state index in [1.807, 2.05) is 17.0 Å². The third-order valence-electron chi connectivity index (χ3n) is 5.81. The lowest BCUT2D eigenvalue weighted by Crippen LogP contribution is -2.63.